The molecule has 0 amide bonds. The number of nitrogens with zero attached hydrogens (tertiary/aromatic N) is 3. The van der Waals surface area contributed by atoms with E-state index in [1.165, 1.54) is 11.1 Å². The predicted octanol–water partition coefficient (Wildman–Crippen LogP) is 3.44. The number of hydrogen-bond acceptors (Lipinski definition) is 5. The predicted molar refractivity (Wildman–Crippen MR) is 82.4 cm³/mol. The van der Waals surface area contributed by atoms with Crippen molar-refractivity contribution < 1.29 is 0 Å². The molecule has 2 aromatic rings. The lowest BCUT2D eigenvalue weighted by Gasteiger charge is -2.08. The molecule has 1 aromatic carbocycles. The molecule has 5 nitrogen and oxygen atoms in total. The number of nitrogens with one attached hydrogen (secondary N) is 2. The molecule has 0 aliphatic rings. The van der Waals surface area contributed by atoms with E-state index in [1.54, 1.807) is 6.20 Å². The molecule has 2 N–H and O–H groups in total. The molecule has 0 bridgehead atoms. The summed E-state index contributed by atoms with van der Waals surface area (Å²) in [6.45, 7) is 7.20. The van der Waals surface area contributed by atoms with Crippen LogP contribution in [-0.4, -0.2) is 21.7 Å². The molecule has 0 aliphatic carbocycles. The van der Waals surface area contributed by atoms with Crippen molar-refractivity contribution in [2.24, 2.45) is 0 Å². The Kier molecular flexibility index (Phi) is 4.87. The van der Waals surface area contributed by atoms with Crippen LogP contribution in [0.25, 0.3) is 0 Å². The summed E-state index contributed by atoms with van der Waals surface area (Å²) >= 11 is 0. The molecule has 0 saturated heterocycles. The molecule has 0 spiro atoms. The van der Waals surface area contributed by atoms with Crippen LogP contribution in [0.15, 0.2) is 24.4 Å². The Labute approximate surface area is 119 Å². The van der Waals surface area contributed by atoms with Gasteiger partial charge in [-0.1, -0.05) is 19.4 Å². The highest BCUT2D eigenvalue weighted by atomic mass is 15.3. The normalized spacial score (nSPS) is 10.3. The van der Waals surface area contributed by atoms with Crippen molar-refractivity contribution in [3.63, 3.8) is 0 Å². The van der Waals surface area contributed by atoms with Gasteiger partial charge in [0.15, 0.2) is 5.82 Å². The van der Waals surface area contributed by atoms with E-state index in [4.69, 9.17) is 0 Å². The van der Waals surface area contributed by atoms with Gasteiger partial charge in [-0.25, -0.2) is 0 Å². The molecule has 0 atom stereocenters. The van der Waals surface area contributed by atoms with Gasteiger partial charge in [-0.3, -0.25) is 0 Å². The highest BCUT2D eigenvalue weighted by Crippen LogP contribution is 2.17. The van der Waals surface area contributed by atoms with Crippen LogP contribution in [0.2, 0.25) is 0 Å². The van der Waals surface area contributed by atoms with E-state index in [2.05, 4.69) is 64.8 Å². The Hall–Kier alpha value is -2.17. The molecular formula is C15H21N5. The Balaban J connectivity index is 2.07. The van der Waals surface area contributed by atoms with Crippen LogP contribution in [0.5, 0.6) is 0 Å². The highest BCUT2D eigenvalue weighted by Gasteiger charge is 2.02. The second-order valence-electron chi connectivity index (χ2n) is 4.95. The maximum atomic E-state index is 4.40. The number of rotatable bonds is 6. The third kappa shape index (κ3) is 4.19. The molecule has 20 heavy (non-hydrogen) atoms. The first-order chi connectivity index (χ1) is 9.67. The van der Waals surface area contributed by atoms with Crippen molar-refractivity contribution in [2.45, 2.75) is 33.6 Å². The van der Waals surface area contributed by atoms with E-state index in [9.17, 15) is 0 Å². The minimum Gasteiger partial charge on any atom is -0.369 e. The molecule has 5 heteroatoms. The smallest absolute Gasteiger partial charge is 0.249 e. The van der Waals surface area contributed by atoms with E-state index in [0.717, 1.165) is 30.9 Å². The number of benzene rings is 1. The van der Waals surface area contributed by atoms with E-state index < -0.39 is 0 Å². The first-order valence-electron chi connectivity index (χ1n) is 6.96. The number of unbranched alkanes of at least 4 members (excludes halogenated alkanes) is 1. The Morgan fingerprint density at radius 3 is 2.55 bits per heavy atom. The summed E-state index contributed by atoms with van der Waals surface area (Å²) in [6.07, 6.45) is 3.91. The van der Waals surface area contributed by atoms with Crippen molar-refractivity contribution in [1.29, 1.82) is 0 Å². The quantitative estimate of drug-likeness (QED) is 0.788. The Bertz CT molecular complexity index is 548. The largest absolute Gasteiger partial charge is 0.369 e. The number of aromatic nitrogens is 3. The highest BCUT2D eigenvalue weighted by molar-refractivity contribution is 5.56. The van der Waals surface area contributed by atoms with Crippen molar-refractivity contribution in [1.82, 2.24) is 15.2 Å². The molecule has 0 unspecified atom stereocenters. The van der Waals surface area contributed by atoms with Gasteiger partial charge in [-0.15, -0.1) is 5.10 Å². The van der Waals surface area contributed by atoms with Gasteiger partial charge in [0.2, 0.25) is 5.95 Å². The molecule has 0 radical (unpaired) electrons. The lowest BCUT2D eigenvalue weighted by Crippen LogP contribution is -2.06. The fourth-order valence-corrected chi connectivity index (χ4v) is 2.01. The van der Waals surface area contributed by atoms with Crippen molar-refractivity contribution in [3.05, 3.63) is 35.5 Å². The summed E-state index contributed by atoms with van der Waals surface area (Å²) in [6, 6.07) is 6.26. The van der Waals surface area contributed by atoms with Gasteiger partial charge in [-0.2, -0.15) is 10.1 Å². The summed E-state index contributed by atoms with van der Waals surface area (Å²) in [5, 5.41) is 14.4. The van der Waals surface area contributed by atoms with Gasteiger partial charge in [0.1, 0.15) is 0 Å². The maximum absolute atomic E-state index is 4.40. The third-order valence-corrected chi connectivity index (χ3v) is 2.87. The van der Waals surface area contributed by atoms with Gasteiger partial charge < -0.3 is 10.6 Å². The molecular weight excluding hydrogens is 250 g/mol. The molecule has 1 heterocycles. The van der Waals surface area contributed by atoms with E-state index in [-0.39, 0.29) is 0 Å². The van der Waals surface area contributed by atoms with Gasteiger partial charge in [0.25, 0.3) is 0 Å². The zero-order chi connectivity index (χ0) is 14.4. The van der Waals surface area contributed by atoms with E-state index in [0.29, 0.717) is 5.95 Å². The van der Waals surface area contributed by atoms with Crippen LogP contribution >= 0.6 is 0 Å². The first-order valence-corrected chi connectivity index (χ1v) is 6.96. The average Bonchev–Trinajstić information content (AvgIpc) is 2.38. The topological polar surface area (TPSA) is 62.7 Å². The zero-order valence-electron chi connectivity index (χ0n) is 12.3. The molecule has 0 aliphatic heterocycles. The van der Waals surface area contributed by atoms with Crippen LogP contribution in [-0.2, 0) is 0 Å². The number of hydrogen-bond donors (Lipinski definition) is 2. The molecule has 0 saturated carbocycles. The fraction of sp³-hybridized carbons (Fsp3) is 0.400. The van der Waals surface area contributed by atoms with Crippen LogP contribution in [0.3, 0.4) is 0 Å². The summed E-state index contributed by atoms with van der Waals surface area (Å²) in [7, 11) is 0. The summed E-state index contributed by atoms with van der Waals surface area (Å²) in [4.78, 5) is 4.40. The molecule has 106 valence electrons. The van der Waals surface area contributed by atoms with Crippen LogP contribution in [0.4, 0.5) is 17.5 Å². The lowest BCUT2D eigenvalue weighted by atomic mass is 10.1. The molecule has 0 fully saturated rings. The minimum atomic E-state index is 0.511. The Morgan fingerprint density at radius 2 is 1.85 bits per heavy atom. The first kappa shape index (κ1) is 14.2. The molecule has 1 aromatic heterocycles. The minimum absolute atomic E-state index is 0.511. The van der Waals surface area contributed by atoms with Crippen LogP contribution in [0.1, 0.15) is 30.9 Å². The number of anilines is 3. The Morgan fingerprint density at radius 1 is 1.10 bits per heavy atom. The summed E-state index contributed by atoms with van der Waals surface area (Å²) in [5.74, 6) is 1.26. The van der Waals surface area contributed by atoms with Crippen molar-refractivity contribution in [2.75, 3.05) is 17.2 Å². The van der Waals surface area contributed by atoms with E-state index in [1.807, 2.05) is 0 Å². The maximum Gasteiger partial charge on any atom is 0.249 e. The van der Waals surface area contributed by atoms with Gasteiger partial charge in [0, 0.05) is 12.2 Å². The second-order valence-corrected chi connectivity index (χ2v) is 4.95. The van der Waals surface area contributed by atoms with Gasteiger partial charge in [-0.05, 0) is 43.5 Å². The van der Waals surface area contributed by atoms with Gasteiger partial charge >= 0.3 is 0 Å². The van der Waals surface area contributed by atoms with Gasteiger partial charge in [0.05, 0.1) is 6.20 Å². The lowest BCUT2D eigenvalue weighted by molar-refractivity contribution is 0.827. The average molecular weight is 271 g/mol. The monoisotopic (exact) mass is 271 g/mol. The summed E-state index contributed by atoms with van der Waals surface area (Å²) in [5.41, 5.74) is 3.39. The van der Waals surface area contributed by atoms with Crippen LogP contribution < -0.4 is 10.6 Å². The zero-order valence-corrected chi connectivity index (χ0v) is 12.3. The number of aryl methyl sites for hydroxylation is 2. The van der Waals surface area contributed by atoms with Crippen molar-refractivity contribution in [3.8, 4) is 0 Å². The van der Waals surface area contributed by atoms with Crippen LogP contribution in [0, 0.1) is 13.8 Å². The second kappa shape index (κ2) is 6.84. The van der Waals surface area contributed by atoms with E-state index >= 15 is 0 Å². The SMILES string of the molecule is CCCCNc1cnnc(Nc2cc(C)cc(C)c2)n1. The summed E-state index contributed by atoms with van der Waals surface area (Å²) < 4.78 is 0. The third-order valence-electron chi connectivity index (χ3n) is 2.87. The fourth-order valence-electron chi connectivity index (χ4n) is 2.01. The van der Waals surface area contributed by atoms with Crippen molar-refractivity contribution >= 4 is 17.5 Å². The molecule has 2 rings (SSSR count). The standard InChI is InChI=1S/C15H21N5/c1-4-5-6-16-14-10-17-20-15(19-14)18-13-8-11(2)7-12(3)9-13/h7-10H,4-6H2,1-3H3,(H2,16,18,19,20).